The number of rotatable bonds is 3. The van der Waals surface area contributed by atoms with Gasteiger partial charge in [0, 0.05) is 6.20 Å². The van der Waals surface area contributed by atoms with Crippen molar-refractivity contribution in [2.45, 2.75) is 4.21 Å². The van der Waals surface area contributed by atoms with Crippen LogP contribution >= 0.6 is 22.9 Å². The van der Waals surface area contributed by atoms with Gasteiger partial charge in [-0.3, -0.25) is 4.72 Å². The number of hydrogen-bond donors (Lipinski definition) is 1. The van der Waals surface area contributed by atoms with Crippen molar-refractivity contribution in [3.8, 4) is 0 Å². The van der Waals surface area contributed by atoms with Gasteiger partial charge >= 0.3 is 0 Å². The van der Waals surface area contributed by atoms with E-state index >= 15 is 0 Å². The van der Waals surface area contributed by atoms with Crippen molar-refractivity contribution in [3.05, 3.63) is 29.0 Å². The second-order valence-electron chi connectivity index (χ2n) is 2.65. The lowest BCUT2D eigenvalue weighted by Gasteiger charge is -2.02. The van der Waals surface area contributed by atoms with Crippen LogP contribution in [-0.2, 0) is 10.0 Å². The SMILES string of the molecule is O=S(=O)(Nc1cccnn1)c1cnc(Cl)s1. The van der Waals surface area contributed by atoms with Gasteiger partial charge in [0.15, 0.2) is 14.5 Å². The third-order valence-electron chi connectivity index (χ3n) is 1.53. The average Bonchev–Trinajstić information content (AvgIpc) is 2.66. The second-order valence-corrected chi connectivity index (χ2v) is 6.17. The normalized spacial score (nSPS) is 11.3. The molecule has 2 heterocycles. The number of anilines is 1. The summed E-state index contributed by atoms with van der Waals surface area (Å²) < 4.78 is 26.0. The molecule has 0 aromatic carbocycles. The van der Waals surface area contributed by atoms with E-state index in [1.165, 1.54) is 18.5 Å². The number of hydrogen-bond acceptors (Lipinski definition) is 6. The fourth-order valence-corrected chi connectivity index (χ4v) is 3.20. The quantitative estimate of drug-likeness (QED) is 0.916. The lowest BCUT2D eigenvalue weighted by Crippen LogP contribution is -2.12. The van der Waals surface area contributed by atoms with Crippen molar-refractivity contribution in [3.63, 3.8) is 0 Å². The molecule has 0 saturated heterocycles. The third-order valence-corrected chi connectivity index (χ3v) is 4.46. The highest BCUT2D eigenvalue weighted by Gasteiger charge is 2.18. The molecule has 0 unspecified atom stereocenters. The molecule has 0 saturated carbocycles. The second kappa shape index (κ2) is 4.32. The summed E-state index contributed by atoms with van der Waals surface area (Å²) in [6.45, 7) is 0. The molecule has 0 spiro atoms. The maximum Gasteiger partial charge on any atom is 0.274 e. The van der Waals surface area contributed by atoms with Crippen LogP contribution in [0.2, 0.25) is 4.47 Å². The van der Waals surface area contributed by atoms with Gasteiger partial charge in [-0.15, -0.1) is 5.10 Å². The van der Waals surface area contributed by atoms with Crippen molar-refractivity contribution in [1.29, 1.82) is 0 Å². The first kappa shape index (κ1) is 11.2. The Morgan fingerprint density at radius 1 is 1.44 bits per heavy atom. The van der Waals surface area contributed by atoms with Gasteiger partial charge in [0.1, 0.15) is 0 Å². The summed E-state index contributed by atoms with van der Waals surface area (Å²) in [5, 5.41) is 7.16. The molecule has 9 heteroatoms. The Hall–Kier alpha value is -1.25. The zero-order valence-corrected chi connectivity index (χ0v) is 10.1. The summed E-state index contributed by atoms with van der Waals surface area (Å²) in [5.41, 5.74) is 0. The van der Waals surface area contributed by atoms with E-state index in [-0.39, 0.29) is 14.5 Å². The molecule has 0 aliphatic carbocycles. The lowest BCUT2D eigenvalue weighted by molar-refractivity contribution is 0.602. The maximum atomic E-state index is 11.7. The molecule has 84 valence electrons. The molecular formula is C7H5ClN4O2S2. The third kappa shape index (κ3) is 2.46. The van der Waals surface area contributed by atoms with Crippen LogP contribution in [0, 0.1) is 0 Å². The number of nitrogens with one attached hydrogen (secondary N) is 1. The minimum absolute atomic E-state index is 0.0307. The molecule has 0 aliphatic rings. The molecule has 0 atom stereocenters. The molecule has 16 heavy (non-hydrogen) atoms. The average molecular weight is 277 g/mol. The summed E-state index contributed by atoms with van der Waals surface area (Å²) in [5.74, 6) is 0.145. The maximum absolute atomic E-state index is 11.7. The number of nitrogens with zero attached hydrogens (tertiary/aromatic N) is 3. The van der Waals surface area contributed by atoms with Gasteiger partial charge in [0.2, 0.25) is 0 Å². The van der Waals surface area contributed by atoms with E-state index in [9.17, 15) is 8.42 Å². The molecule has 2 aromatic rings. The fourth-order valence-electron chi connectivity index (χ4n) is 0.907. The van der Waals surface area contributed by atoms with E-state index in [1.54, 1.807) is 6.07 Å². The summed E-state index contributed by atoms with van der Waals surface area (Å²) in [4.78, 5) is 3.65. The molecule has 0 bridgehead atoms. The fraction of sp³-hybridized carbons (Fsp3) is 0. The van der Waals surface area contributed by atoms with Gasteiger partial charge in [0.05, 0.1) is 6.20 Å². The summed E-state index contributed by atoms with van der Waals surface area (Å²) in [6.07, 6.45) is 2.63. The van der Waals surface area contributed by atoms with Crippen LogP contribution in [0.25, 0.3) is 0 Å². The van der Waals surface area contributed by atoms with E-state index in [4.69, 9.17) is 11.6 Å². The predicted octanol–water partition coefficient (Wildman–Crippen LogP) is 1.39. The highest BCUT2D eigenvalue weighted by molar-refractivity contribution is 7.94. The van der Waals surface area contributed by atoms with Crippen molar-refractivity contribution >= 4 is 38.8 Å². The van der Waals surface area contributed by atoms with Crippen molar-refractivity contribution in [1.82, 2.24) is 15.2 Å². The van der Waals surface area contributed by atoms with E-state index in [1.807, 2.05) is 0 Å². The Bertz CT molecular complexity index is 583. The van der Waals surface area contributed by atoms with Crippen molar-refractivity contribution < 1.29 is 8.42 Å². The van der Waals surface area contributed by atoms with Gasteiger partial charge < -0.3 is 0 Å². The van der Waals surface area contributed by atoms with Crippen LogP contribution in [0.5, 0.6) is 0 Å². The minimum atomic E-state index is -3.67. The molecular weight excluding hydrogens is 272 g/mol. The lowest BCUT2D eigenvalue weighted by atomic mass is 10.6. The first-order valence-electron chi connectivity index (χ1n) is 4.00. The van der Waals surface area contributed by atoms with Gasteiger partial charge in [-0.05, 0) is 12.1 Å². The van der Waals surface area contributed by atoms with Crippen LogP contribution in [0.3, 0.4) is 0 Å². The van der Waals surface area contributed by atoms with Crippen molar-refractivity contribution in [2.75, 3.05) is 4.72 Å². The molecule has 0 aliphatic heterocycles. The smallest absolute Gasteiger partial charge is 0.261 e. The highest BCUT2D eigenvalue weighted by Crippen LogP contribution is 2.23. The Morgan fingerprint density at radius 2 is 2.25 bits per heavy atom. The topological polar surface area (TPSA) is 84.8 Å². The summed E-state index contributed by atoms with van der Waals surface area (Å²) >= 11 is 6.43. The zero-order valence-electron chi connectivity index (χ0n) is 7.66. The van der Waals surface area contributed by atoms with Gasteiger partial charge in [-0.25, -0.2) is 13.4 Å². The number of thiazole rings is 1. The van der Waals surface area contributed by atoms with Gasteiger partial charge in [-0.1, -0.05) is 22.9 Å². The number of halogens is 1. The van der Waals surface area contributed by atoms with Gasteiger partial charge in [0.25, 0.3) is 10.0 Å². The Balaban J connectivity index is 2.28. The first-order valence-corrected chi connectivity index (χ1v) is 6.67. The molecule has 1 N–H and O–H groups in total. The zero-order chi connectivity index (χ0) is 11.6. The molecule has 2 aromatic heterocycles. The molecule has 2 rings (SSSR count). The van der Waals surface area contributed by atoms with E-state index in [2.05, 4.69) is 19.9 Å². The van der Waals surface area contributed by atoms with Crippen molar-refractivity contribution in [2.24, 2.45) is 0 Å². The molecule has 0 fully saturated rings. The van der Waals surface area contributed by atoms with Crippen LogP contribution in [0.4, 0.5) is 5.82 Å². The predicted molar refractivity (Wildman–Crippen MR) is 60.0 cm³/mol. The highest BCUT2D eigenvalue weighted by atomic mass is 35.5. The minimum Gasteiger partial charge on any atom is -0.261 e. The van der Waals surface area contributed by atoms with Crippen LogP contribution in [-0.4, -0.2) is 23.6 Å². The Kier molecular flexibility index (Phi) is 3.03. The van der Waals surface area contributed by atoms with Crippen LogP contribution in [0.1, 0.15) is 0 Å². The van der Waals surface area contributed by atoms with E-state index in [0.29, 0.717) is 0 Å². The molecule has 0 radical (unpaired) electrons. The largest absolute Gasteiger partial charge is 0.274 e. The Morgan fingerprint density at radius 3 is 2.81 bits per heavy atom. The van der Waals surface area contributed by atoms with Gasteiger partial charge in [-0.2, -0.15) is 5.10 Å². The monoisotopic (exact) mass is 276 g/mol. The summed E-state index contributed by atoms with van der Waals surface area (Å²) in [6, 6.07) is 3.07. The van der Waals surface area contributed by atoms with Crippen LogP contribution in [0.15, 0.2) is 28.7 Å². The Labute approximate surface area is 100 Å². The summed E-state index contributed by atoms with van der Waals surface area (Å²) in [7, 11) is -3.67. The molecule has 0 amide bonds. The van der Waals surface area contributed by atoms with Crippen LogP contribution < -0.4 is 4.72 Å². The number of sulfonamides is 1. The van der Waals surface area contributed by atoms with E-state index < -0.39 is 10.0 Å². The number of aromatic nitrogens is 3. The first-order chi connectivity index (χ1) is 7.58. The van der Waals surface area contributed by atoms with E-state index in [0.717, 1.165) is 11.3 Å². The standard InChI is InChI=1S/C7H5ClN4O2S2/c8-7-9-4-6(15-7)16(13,14)12-5-2-1-3-10-11-5/h1-4H,(H,11,12). The molecule has 6 nitrogen and oxygen atoms in total.